The second-order valence-electron chi connectivity index (χ2n) is 2.01. The van der Waals surface area contributed by atoms with Gasteiger partial charge in [-0.1, -0.05) is 25.7 Å². The van der Waals surface area contributed by atoms with Crippen LogP contribution in [0.5, 0.6) is 0 Å². The third-order valence-corrected chi connectivity index (χ3v) is 0.978. The highest BCUT2D eigenvalue weighted by Gasteiger charge is 2.13. The molecule has 0 aromatic heterocycles. The van der Waals surface area contributed by atoms with Crippen LogP contribution in [0, 0.1) is 23.7 Å². The lowest BCUT2D eigenvalue weighted by molar-refractivity contribution is 0.611. The van der Waals surface area contributed by atoms with Gasteiger partial charge in [-0.25, -0.2) is 0 Å². The van der Waals surface area contributed by atoms with E-state index in [1.807, 2.05) is 0 Å². The van der Waals surface area contributed by atoms with Gasteiger partial charge in [0.1, 0.15) is 0 Å². The van der Waals surface area contributed by atoms with Crippen molar-refractivity contribution in [1.82, 2.24) is 0 Å². The molecule has 0 heteroatoms. The summed E-state index contributed by atoms with van der Waals surface area (Å²) in [4.78, 5) is 0. The van der Waals surface area contributed by atoms with E-state index in [2.05, 4.69) is 25.7 Å². The molecule has 0 nitrogen and oxygen atoms in total. The zero-order chi connectivity index (χ0) is 4.57. The van der Waals surface area contributed by atoms with Crippen molar-refractivity contribution >= 4 is 0 Å². The molecule has 0 N–H and O–H groups in total. The molecular formula is C6H8. The van der Waals surface area contributed by atoms with E-state index in [1.165, 1.54) is 0 Å². The Kier molecular flexibility index (Phi) is 0.630. The van der Waals surface area contributed by atoms with E-state index in [0.29, 0.717) is 5.92 Å². The molecule has 0 spiro atoms. The molecule has 0 saturated heterocycles. The average Bonchev–Trinajstić information content (AvgIpc) is 2.06. The minimum Gasteiger partial charge on any atom is -0.0852 e. The second kappa shape index (κ2) is 1.01. The van der Waals surface area contributed by atoms with Crippen LogP contribution in [-0.4, -0.2) is 0 Å². The van der Waals surface area contributed by atoms with Gasteiger partial charge in [-0.05, 0) is 5.92 Å². The Bertz CT molecular complexity index is 92.9. The Morgan fingerprint density at radius 3 is 1.83 bits per heavy atom. The summed E-state index contributed by atoms with van der Waals surface area (Å²) < 4.78 is 0. The molecule has 1 aliphatic rings. The van der Waals surface area contributed by atoms with Gasteiger partial charge in [-0.15, -0.1) is 0 Å². The van der Waals surface area contributed by atoms with Crippen molar-refractivity contribution < 1.29 is 0 Å². The molecule has 0 saturated carbocycles. The van der Waals surface area contributed by atoms with Gasteiger partial charge >= 0.3 is 0 Å². The first kappa shape index (κ1) is 3.74. The number of hydrogen-bond acceptors (Lipinski definition) is 0. The van der Waals surface area contributed by atoms with Crippen LogP contribution in [0.15, 0.2) is 0 Å². The summed E-state index contributed by atoms with van der Waals surface area (Å²) in [5, 5.41) is 0. The molecule has 0 aromatic rings. The number of rotatable bonds is 1. The third-order valence-electron chi connectivity index (χ3n) is 0.978. The van der Waals surface area contributed by atoms with Crippen LogP contribution >= 0.6 is 0 Å². The lowest BCUT2D eigenvalue weighted by atomic mass is 10.1. The van der Waals surface area contributed by atoms with Gasteiger partial charge in [0.2, 0.25) is 0 Å². The Labute approximate surface area is 38.6 Å². The Morgan fingerprint density at radius 1 is 1.33 bits per heavy atom. The third kappa shape index (κ3) is 0.542. The molecule has 0 heterocycles. The van der Waals surface area contributed by atoms with Crippen LogP contribution in [0.4, 0.5) is 0 Å². The molecule has 0 unspecified atom stereocenters. The topological polar surface area (TPSA) is 0 Å². The van der Waals surface area contributed by atoms with E-state index in [4.69, 9.17) is 0 Å². The van der Waals surface area contributed by atoms with Gasteiger partial charge in [0.25, 0.3) is 0 Å². The van der Waals surface area contributed by atoms with E-state index in [1.54, 1.807) is 0 Å². The summed E-state index contributed by atoms with van der Waals surface area (Å²) in [5.74, 6) is 7.31. The van der Waals surface area contributed by atoms with Crippen molar-refractivity contribution in [2.45, 2.75) is 13.8 Å². The summed E-state index contributed by atoms with van der Waals surface area (Å²) in [6.45, 7) is 4.36. The van der Waals surface area contributed by atoms with E-state index in [9.17, 15) is 0 Å². The normalized spacial score (nSPS) is 17.2. The first-order valence-corrected chi connectivity index (χ1v) is 2.32. The largest absolute Gasteiger partial charge is 0.0852 e. The van der Waals surface area contributed by atoms with Gasteiger partial charge < -0.3 is 0 Å². The van der Waals surface area contributed by atoms with Gasteiger partial charge in [-0.2, -0.15) is 0 Å². The lowest BCUT2D eigenvalue weighted by Gasteiger charge is -1.93. The maximum Gasteiger partial charge on any atom is 0.0835 e. The quantitative estimate of drug-likeness (QED) is 0.416. The van der Waals surface area contributed by atoms with E-state index < -0.39 is 0 Å². The van der Waals surface area contributed by atoms with Crippen LogP contribution in [0.2, 0.25) is 0 Å². The van der Waals surface area contributed by atoms with Crippen molar-refractivity contribution in [1.29, 1.82) is 0 Å². The predicted molar refractivity (Wildman–Crippen MR) is 26.1 cm³/mol. The monoisotopic (exact) mass is 80.1 g/mol. The van der Waals surface area contributed by atoms with Crippen LogP contribution in [0.3, 0.4) is 0 Å². The van der Waals surface area contributed by atoms with E-state index in [0.717, 1.165) is 5.92 Å². The first-order chi connectivity index (χ1) is 2.80. The smallest absolute Gasteiger partial charge is 0.0835 e. The van der Waals surface area contributed by atoms with Gasteiger partial charge in [0.15, 0.2) is 0 Å². The minimum absolute atomic E-state index is 0.602. The predicted octanol–water partition coefficient (Wildman–Crippen LogP) is 1.28. The summed E-state index contributed by atoms with van der Waals surface area (Å²) in [6.07, 6.45) is 0. The molecule has 0 aliphatic heterocycles. The fourth-order valence-corrected chi connectivity index (χ4v) is 0.381. The summed E-state index contributed by atoms with van der Waals surface area (Å²) in [6, 6.07) is 0. The fourth-order valence-electron chi connectivity index (χ4n) is 0.381. The highest BCUT2D eigenvalue weighted by Crippen LogP contribution is 2.15. The van der Waals surface area contributed by atoms with E-state index in [-0.39, 0.29) is 0 Å². The zero-order valence-corrected chi connectivity index (χ0v) is 4.15. The van der Waals surface area contributed by atoms with Crippen molar-refractivity contribution in [3.63, 3.8) is 0 Å². The van der Waals surface area contributed by atoms with Crippen molar-refractivity contribution in [3.8, 4) is 11.8 Å². The Hall–Kier alpha value is -0.440. The SMILES string of the molecule is CC(C)C1C#C1. The molecule has 1 aliphatic carbocycles. The summed E-state index contributed by atoms with van der Waals surface area (Å²) in [7, 11) is 0. The molecule has 0 amide bonds. The molecule has 0 fully saturated rings. The number of hydrogen-bond donors (Lipinski definition) is 0. The standard InChI is InChI=1S/C6H8/c1-5(2)6-3-4-6/h5-6H,1-2H3. The zero-order valence-electron chi connectivity index (χ0n) is 4.15. The van der Waals surface area contributed by atoms with Gasteiger partial charge in [-0.3, -0.25) is 0 Å². The van der Waals surface area contributed by atoms with Gasteiger partial charge in [0, 0.05) is 0 Å². The average molecular weight is 80.1 g/mol. The molecule has 6 heavy (non-hydrogen) atoms. The molecule has 1 rings (SSSR count). The van der Waals surface area contributed by atoms with Crippen LogP contribution < -0.4 is 0 Å². The van der Waals surface area contributed by atoms with Crippen molar-refractivity contribution in [3.05, 3.63) is 0 Å². The van der Waals surface area contributed by atoms with Crippen LogP contribution in [0.1, 0.15) is 13.8 Å². The highest BCUT2D eigenvalue weighted by molar-refractivity contribution is 5.30. The molecule has 0 radical (unpaired) electrons. The van der Waals surface area contributed by atoms with Crippen LogP contribution in [-0.2, 0) is 0 Å². The molecule has 0 atom stereocenters. The Morgan fingerprint density at radius 2 is 1.83 bits per heavy atom. The van der Waals surface area contributed by atoms with Gasteiger partial charge in [0.05, 0.1) is 5.92 Å². The van der Waals surface area contributed by atoms with Crippen molar-refractivity contribution in [2.75, 3.05) is 0 Å². The minimum atomic E-state index is 0.602. The maximum absolute atomic E-state index is 2.98. The first-order valence-electron chi connectivity index (χ1n) is 2.32. The molecular weight excluding hydrogens is 72.1 g/mol. The molecule has 32 valence electrons. The maximum atomic E-state index is 2.98. The van der Waals surface area contributed by atoms with E-state index >= 15 is 0 Å². The molecule has 0 aromatic carbocycles. The summed E-state index contributed by atoms with van der Waals surface area (Å²) >= 11 is 0. The lowest BCUT2D eigenvalue weighted by Crippen LogP contribution is -1.90. The molecule has 0 bridgehead atoms. The second-order valence-corrected chi connectivity index (χ2v) is 2.01. The fraction of sp³-hybridized carbons (Fsp3) is 0.667. The highest BCUT2D eigenvalue weighted by atomic mass is 14.1. The van der Waals surface area contributed by atoms with Crippen LogP contribution in [0.25, 0.3) is 0 Å². The Balaban J connectivity index is 2.18. The summed E-state index contributed by atoms with van der Waals surface area (Å²) in [5.41, 5.74) is 0. The van der Waals surface area contributed by atoms with Crippen molar-refractivity contribution in [2.24, 2.45) is 11.8 Å².